The Morgan fingerprint density at radius 1 is 1.18 bits per heavy atom. The van der Waals surface area contributed by atoms with E-state index in [0.717, 1.165) is 5.92 Å². The smallest absolute Gasteiger partial charge is 0.00776 e. The highest BCUT2D eigenvalue weighted by molar-refractivity contribution is 5.07. The molecule has 0 saturated heterocycles. The summed E-state index contributed by atoms with van der Waals surface area (Å²) in [7, 11) is 0. The van der Waals surface area contributed by atoms with Crippen molar-refractivity contribution in [2.24, 2.45) is 22.5 Å². The molecule has 0 heterocycles. The van der Waals surface area contributed by atoms with Gasteiger partial charge in [0.1, 0.15) is 0 Å². The van der Waals surface area contributed by atoms with Crippen LogP contribution in [0.5, 0.6) is 0 Å². The van der Waals surface area contributed by atoms with Gasteiger partial charge in [-0.1, -0.05) is 20.8 Å². The Kier molecular flexibility index (Phi) is 1.26. The zero-order chi connectivity index (χ0) is 8.28. The van der Waals surface area contributed by atoms with Crippen molar-refractivity contribution in [3.8, 4) is 0 Å². The van der Waals surface area contributed by atoms with Gasteiger partial charge in [0.2, 0.25) is 0 Å². The molecule has 1 nitrogen and oxygen atoms in total. The van der Waals surface area contributed by atoms with Gasteiger partial charge in [0.15, 0.2) is 0 Å². The van der Waals surface area contributed by atoms with E-state index in [1.54, 1.807) is 0 Å². The van der Waals surface area contributed by atoms with Crippen LogP contribution in [0, 0.1) is 16.7 Å². The number of hydrogen-bond acceptors (Lipinski definition) is 1. The van der Waals surface area contributed by atoms with Crippen LogP contribution in [0.1, 0.15) is 40.0 Å². The van der Waals surface area contributed by atoms with Crippen LogP contribution in [0.2, 0.25) is 0 Å². The van der Waals surface area contributed by atoms with E-state index >= 15 is 0 Å². The third-order valence-corrected chi connectivity index (χ3v) is 3.84. The standard InChI is InChI=1S/C10H19N/c1-9(2)6-10(3)4-7(9)8(11)5-10/h7-8H,4-6,11H2,1-3H3. The van der Waals surface area contributed by atoms with Gasteiger partial charge in [-0.3, -0.25) is 0 Å². The predicted molar refractivity (Wildman–Crippen MR) is 47.2 cm³/mol. The lowest BCUT2D eigenvalue weighted by atomic mass is 9.71. The lowest BCUT2D eigenvalue weighted by Crippen LogP contribution is -2.38. The molecule has 2 bridgehead atoms. The number of rotatable bonds is 0. The molecular weight excluding hydrogens is 134 g/mol. The number of hydrogen-bond donors (Lipinski definition) is 1. The zero-order valence-electron chi connectivity index (χ0n) is 7.85. The van der Waals surface area contributed by atoms with Crippen molar-refractivity contribution in [2.75, 3.05) is 0 Å². The third kappa shape index (κ3) is 0.936. The van der Waals surface area contributed by atoms with Crippen LogP contribution >= 0.6 is 0 Å². The molecule has 1 heteroatoms. The molecule has 3 unspecified atom stereocenters. The minimum absolute atomic E-state index is 0.490. The summed E-state index contributed by atoms with van der Waals surface area (Å²) in [4.78, 5) is 0. The molecule has 2 aliphatic carbocycles. The van der Waals surface area contributed by atoms with Gasteiger partial charge < -0.3 is 5.73 Å². The first-order valence-corrected chi connectivity index (χ1v) is 4.69. The fourth-order valence-corrected chi connectivity index (χ4v) is 3.71. The number of fused-ring (bicyclic) bond motifs is 2. The third-order valence-electron chi connectivity index (χ3n) is 3.84. The molecule has 2 saturated carbocycles. The van der Waals surface area contributed by atoms with Crippen molar-refractivity contribution < 1.29 is 0 Å². The molecule has 2 rings (SSSR count). The van der Waals surface area contributed by atoms with Crippen LogP contribution < -0.4 is 5.73 Å². The highest BCUT2D eigenvalue weighted by atomic mass is 14.8. The second-order valence-corrected chi connectivity index (χ2v) is 5.65. The molecule has 0 aromatic rings. The van der Waals surface area contributed by atoms with Gasteiger partial charge in [-0.2, -0.15) is 0 Å². The average Bonchev–Trinajstić information content (AvgIpc) is 2.13. The van der Waals surface area contributed by atoms with E-state index in [4.69, 9.17) is 5.73 Å². The van der Waals surface area contributed by atoms with Crippen LogP contribution in [-0.4, -0.2) is 6.04 Å². The molecule has 2 aliphatic rings. The molecule has 0 aromatic carbocycles. The van der Waals surface area contributed by atoms with Crippen LogP contribution in [0.25, 0.3) is 0 Å². The molecule has 11 heavy (non-hydrogen) atoms. The predicted octanol–water partition coefficient (Wildman–Crippen LogP) is 2.16. The minimum Gasteiger partial charge on any atom is -0.327 e. The monoisotopic (exact) mass is 153 g/mol. The molecule has 0 amide bonds. The summed E-state index contributed by atoms with van der Waals surface area (Å²) in [6.07, 6.45) is 4.03. The second-order valence-electron chi connectivity index (χ2n) is 5.65. The van der Waals surface area contributed by atoms with Crippen LogP contribution in [-0.2, 0) is 0 Å². The lowest BCUT2D eigenvalue weighted by Gasteiger charge is -2.36. The Bertz CT molecular complexity index is 183. The summed E-state index contributed by atoms with van der Waals surface area (Å²) < 4.78 is 0. The van der Waals surface area contributed by atoms with Crippen molar-refractivity contribution in [1.29, 1.82) is 0 Å². The topological polar surface area (TPSA) is 26.0 Å². The van der Waals surface area contributed by atoms with Gasteiger partial charge >= 0.3 is 0 Å². The van der Waals surface area contributed by atoms with E-state index in [1.165, 1.54) is 19.3 Å². The van der Waals surface area contributed by atoms with Crippen LogP contribution in [0.15, 0.2) is 0 Å². The fourth-order valence-electron chi connectivity index (χ4n) is 3.71. The first-order valence-electron chi connectivity index (χ1n) is 4.69. The van der Waals surface area contributed by atoms with Crippen molar-refractivity contribution in [3.63, 3.8) is 0 Å². The maximum absolute atomic E-state index is 6.08. The first-order chi connectivity index (χ1) is 4.93. The van der Waals surface area contributed by atoms with E-state index in [9.17, 15) is 0 Å². The van der Waals surface area contributed by atoms with Crippen LogP contribution in [0.4, 0.5) is 0 Å². The van der Waals surface area contributed by atoms with E-state index in [2.05, 4.69) is 20.8 Å². The minimum atomic E-state index is 0.490. The summed E-state index contributed by atoms with van der Waals surface area (Å²) in [5.41, 5.74) is 7.19. The summed E-state index contributed by atoms with van der Waals surface area (Å²) >= 11 is 0. The van der Waals surface area contributed by atoms with Gasteiger partial charge in [-0.25, -0.2) is 0 Å². The van der Waals surface area contributed by atoms with Crippen molar-refractivity contribution >= 4 is 0 Å². The summed E-state index contributed by atoms with van der Waals surface area (Å²) in [5, 5.41) is 0. The average molecular weight is 153 g/mol. The highest BCUT2D eigenvalue weighted by Gasteiger charge is 2.55. The largest absolute Gasteiger partial charge is 0.327 e. The summed E-state index contributed by atoms with van der Waals surface area (Å²) in [5.74, 6) is 0.799. The zero-order valence-corrected chi connectivity index (χ0v) is 7.85. The Balaban J connectivity index is 2.28. The molecule has 0 spiro atoms. The summed E-state index contributed by atoms with van der Waals surface area (Å²) in [6.45, 7) is 7.16. The van der Waals surface area contributed by atoms with Crippen LogP contribution in [0.3, 0.4) is 0 Å². The normalized spacial score (nSPS) is 53.5. The maximum atomic E-state index is 6.08. The molecule has 64 valence electrons. The number of nitrogens with two attached hydrogens (primary N) is 1. The van der Waals surface area contributed by atoms with Crippen molar-refractivity contribution in [3.05, 3.63) is 0 Å². The van der Waals surface area contributed by atoms with E-state index in [0.29, 0.717) is 16.9 Å². The van der Waals surface area contributed by atoms with Gasteiger partial charge in [-0.15, -0.1) is 0 Å². The van der Waals surface area contributed by atoms with E-state index in [-0.39, 0.29) is 0 Å². The van der Waals surface area contributed by atoms with E-state index in [1.807, 2.05) is 0 Å². The molecule has 0 radical (unpaired) electrons. The Hall–Kier alpha value is -0.0400. The Morgan fingerprint density at radius 3 is 2.09 bits per heavy atom. The Morgan fingerprint density at radius 2 is 1.82 bits per heavy atom. The van der Waals surface area contributed by atoms with Crippen molar-refractivity contribution in [2.45, 2.75) is 46.1 Å². The first kappa shape index (κ1) is 7.60. The molecule has 2 N–H and O–H groups in total. The SMILES string of the molecule is CC12CC(N)C(C1)C(C)(C)C2. The fraction of sp³-hybridized carbons (Fsp3) is 1.00. The summed E-state index contributed by atoms with van der Waals surface area (Å²) in [6, 6.07) is 0.490. The van der Waals surface area contributed by atoms with Gasteiger partial charge in [0, 0.05) is 6.04 Å². The van der Waals surface area contributed by atoms with Gasteiger partial charge in [-0.05, 0) is 36.0 Å². The molecule has 3 atom stereocenters. The Labute approximate surface area is 69.4 Å². The molecule has 0 aromatic heterocycles. The second kappa shape index (κ2) is 1.82. The lowest BCUT2D eigenvalue weighted by molar-refractivity contribution is 0.161. The quantitative estimate of drug-likeness (QED) is 0.567. The highest BCUT2D eigenvalue weighted by Crippen LogP contribution is 2.61. The van der Waals surface area contributed by atoms with Gasteiger partial charge in [0.05, 0.1) is 0 Å². The molecule has 0 aliphatic heterocycles. The van der Waals surface area contributed by atoms with Gasteiger partial charge in [0.25, 0.3) is 0 Å². The molecular formula is C10H19N. The molecule has 2 fully saturated rings. The van der Waals surface area contributed by atoms with Crippen molar-refractivity contribution in [1.82, 2.24) is 0 Å². The maximum Gasteiger partial charge on any atom is 0.00776 e. The van der Waals surface area contributed by atoms with E-state index < -0.39 is 0 Å².